The molecule has 0 saturated carbocycles. The molecule has 29 heavy (non-hydrogen) atoms. The molecule has 156 valence electrons. The van der Waals surface area contributed by atoms with E-state index in [1.54, 1.807) is 18.9 Å². The van der Waals surface area contributed by atoms with E-state index in [9.17, 15) is 0 Å². The van der Waals surface area contributed by atoms with E-state index in [2.05, 4.69) is 18.7 Å². The predicted octanol–water partition coefficient (Wildman–Crippen LogP) is 3.43. The van der Waals surface area contributed by atoms with E-state index < -0.39 is 0 Å². The van der Waals surface area contributed by atoms with Gasteiger partial charge in [0, 0.05) is 42.9 Å². The zero-order valence-corrected chi connectivity index (χ0v) is 18.3. The molecule has 2 aliphatic heterocycles. The first-order valence-corrected chi connectivity index (χ1v) is 11.1. The number of aromatic nitrogens is 2. The molecule has 0 unspecified atom stereocenters. The molecule has 4 rings (SSSR count). The summed E-state index contributed by atoms with van der Waals surface area (Å²) in [5.41, 5.74) is 3.01. The largest absolute Gasteiger partial charge is 0.497 e. The van der Waals surface area contributed by atoms with Gasteiger partial charge in [-0.05, 0) is 26.0 Å². The van der Waals surface area contributed by atoms with Crippen LogP contribution in [0.4, 0.5) is 0 Å². The van der Waals surface area contributed by atoms with Gasteiger partial charge in [-0.25, -0.2) is 9.97 Å². The number of hydrogen-bond donors (Lipinski definition) is 0. The van der Waals surface area contributed by atoms with Crippen LogP contribution in [0, 0.1) is 0 Å². The van der Waals surface area contributed by atoms with Crippen molar-refractivity contribution in [3.05, 3.63) is 35.5 Å². The van der Waals surface area contributed by atoms with Crippen LogP contribution < -0.4 is 4.74 Å². The summed E-state index contributed by atoms with van der Waals surface area (Å²) in [7, 11) is 1.68. The second kappa shape index (κ2) is 9.00. The van der Waals surface area contributed by atoms with Crippen molar-refractivity contribution in [3.8, 4) is 17.1 Å². The number of methoxy groups -OCH3 is 1. The van der Waals surface area contributed by atoms with Gasteiger partial charge in [-0.3, -0.25) is 4.90 Å². The fourth-order valence-corrected chi connectivity index (χ4v) is 4.67. The van der Waals surface area contributed by atoms with Crippen LogP contribution in [0.25, 0.3) is 11.4 Å². The van der Waals surface area contributed by atoms with Crippen LogP contribution in [-0.4, -0.2) is 66.2 Å². The first-order chi connectivity index (χ1) is 14.0. The molecule has 0 radical (unpaired) electrons. The van der Waals surface area contributed by atoms with E-state index in [1.807, 2.05) is 24.3 Å². The average Bonchev–Trinajstić information content (AvgIpc) is 2.73. The Labute approximate surface area is 177 Å². The Bertz CT molecular complexity index is 853. The number of fused-ring (bicyclic) bond motifs is 1. The smallest absolute Gasteiger partial charge is 0.160 e. The third-order valence-electron chi connectivity index (χ3n) is 5.33. The lowest BCUT2D eigenvalue weighted by atomic mass is 9.96. The summed E-state index contributed by atoms with van der Waals surface area (Å²) in [6, 6.07) is 7.96. The highest BCUT2D eigenvalue weighted by molar-refractivity contribution is 7.99. The van der Waals surface area contributed by atoms with E-state index in [4.69, 9.17) is 24.2 Å². The molecule has 6 nitrogen and oxygen atoms in total. The second-order valence-electron chi connectivity index (χ2n) is 8.04. The lowest BCUT2D eigenvalue weighted by molar-refractivity contribution is -0.0428. The summed E-state index contributed by atoms with van der Waals surface area (Å²) in [5, 5.41) is 1.04. The molecule has 0 atom stereocenters. The Kier molecular flexibility index (Phi) is 6.39. The fourth-order valence-electron chi connectivity index (χ4n) is 3.63. The summed E-state index contributed by atoms with van der Waals surface area (Å²) in [5.74, 6) is 2.56. The standard InChI is InChI=1S/C22H29N3O3S/c1-22(2)14-19-18(15-28-22)21(29-12-9-25-7-10-27-11-8-25)24-20(23-19)16-5-4-6-17(13-16)26-3/h4-6,13H,7-12,14-15H2,1-3H3. The fraction of sp³-hybridized carbons (Fsp3) is 0.545. The summed E-state index contributed by atoms with van der Waals surface area (Å²) in [6.07, 6.45) is 0.791. The van der Waals surface area contributed by atoms with Gasteiger partial charge in [0.2, 0.25) is 0 Å². The van der Waals surface area contributed by atoms with Crippen molar-refractivity contribution in [2.75, 3.05) is 45.7 Å². The first kappa shape index (κ1) is 20.6. The minimum absolute atomic E-state index is 0.206. The van der Waals surface area contributed by atoms with Crippen LogP contribution in [0.1, 0.15) is 25.1 Å². The van der Waals surface area contributed by atoms with E-state index >= 15 is 0 Å². The molecule has 0 bridgehead atoms. The Hall–Kier alpha value is -1.67. The van der Waals surface area contributed by atoms with Gasteiger partial charge in [-0.1, -0.05) is 12.1 Å². The van der Waals surface area contributed by atoms with Gasteiger partial charge < -0.3 is 14.2 Å². The number of hydrogen-bond acceptors (Lipinski definition) is 7. The molecule has 7 heteroatoms. The van der Waals surface area contributed by atoms with E-state index in [-0.39, 0.29) is 5.60 Å². The molecule has 0 spiro atoms. The quantitative estimate of drug-likeness (QED) is 0.529. The highest BCUT2D eigenvalue weighted by Gasteiger charge is 2.30. The number of morpholine rings is 1. The van der Waals surface area contributed by atoms with Gasteiger partial charge in [0.1, 0.15) is 10.8 Å². The van der Waals surface area contributed by atoms with Crippen LogP contribution in [-0.2, 0) is 22.5 Å². The van der Waals surface area contributed by atoms with Crippen LogP contribution >= 0.6 is 11.8 Å². The molecule has 1 fully saturated rings. The van der Waals surface area contributed by atoms with Crippen LogP contribution in [0.2, 0.25) is 0 Å². The summed E-state index contributed by atoms with van der Waals surface area (Å²) in [6.45, 7) is 9.52. The molecule has 2 aliphatic rings. The molecule has 0 N–H and O–H groups in total. The summed E-state index contributed by atoms with van der Waals surface area (Å²) >= 11 is 1.80. The minimum Gasteiger partial charge on any atom is -0.497 e. The van der Waals surface area contributed by atoms with Gasteiger partial charge in [-0.15, -0.1) is 11.8 Å². The number of thioether (sulfide) groups is 1. The van der Waals surface area contributed by atoms with Crippen molar-refractivity contribution in [1.82, 2.24) is 14.9 Å². The van der Waals surface area contributed by atoms with Crippen molar-refractivity contribution >= 4 is 11.8 Å². The first-order valence-electron chi connectivity index (χ1n) is 10.2. The van der Waals surface area contributed by atoms with Gasteiger partial charge in [0.15, 0.2) is 5.82 Å². The highest BCUT2D eigenvalue weighted by atomic mass is 32.2. The van der Waals surface area contributed by atoms with Crippen molar-refractivity contribution in [1.29, 1.82) is 0 Å². The van der Waals surface area contributed by atoms with E-state index in [0.29, 0.717) is 6.61 Å². The van der Waals surface area contributed by atoms with Gasteiger partial charge in [0.05, 0.1) is 38.2 Å². The zero-order chi connectivity index (χ0) is 20.3. The average molecular weight is 416 g/mol. The Morgan fingerprint density at radius 1 is 1.21 bits per heavy atom. The highest BCUT2D eigenvalue weighted by Crippen LogP contribution is 2.34. The molecular weight excluding hydrogens is 386 g/mol. The molecule has 1 aromatic heterocycles. The molecular formula is C22H29N3O3S. The van der Waals surface area contributed by atoms with Crippen molar-refractivity contribution in [2.24, 2.45) is 0 Å². The Morgan fingerprint density at radius 2 is 2.03 bits per heavy atom. The van der Waals surface area contributed by atoms with Gasteiger partial charge in [0.25, 0.3) is 0 Å². The van der Waals surface area contributed by atoms with Crippen LogP contribution in [0.3, 0.4) is 0 Å². The lowest BCUT2D eigenvalue weighted by Crippen LogP contribution is -2.37. The molecule has 2 aromatic rings. The molecule has 0 aliphatic carbocycles. The minimum atomic E-state index is -0.206. The van der Waals surface area contributed by atoms with Crippen LogP contribution in [0.15, 0.2) is 29.3 Å². The number of benzene rings is 1. The molecule has 0 amide bonds. The monoisotopic (exact) mass is 415 g/mol. The third-order valence-corrected chi connectivity index (χ3v) is 6.33. The third kappa shape index (κ3) is 5.09. The second-order valence-corrected chi connectivity index (χ2v) is 9.12. The van der Waals surface area contributed by atoms with Crippen molar-refractivity contribution < 1.29 is 14.2 Å². The normalized spacial score (nSPS) is 19.0. The number of nitrogens with zero attached hydrogens (tertiary/aromatic N) is 3. The van der Waals surface area contributed by atoms with Crippen molar-refractivity contribution in [2.45, 2.75) is 37.5 Å². The van der Waals surface area contributed by atoms with E-state index in [0.717, 1.165) is 78.4 Å². The number of rotatable bonds is 6. The van der Waals surface area contributed by atoms with Gasteiger partial charge >= 0.3 is 0 Å². The molecule has 3 heterocycles. The zero-order valence-electron chi connectivity index (χ0n) is 17.4. The topological polar surface area (TPSA) is 56.7 Å². The predicted molar refractivity (Wildman–Crippen MR) is 115 cm³/mol. The molecule has 1 aromatic carbocycles. The summed E-state index contributed by atoms with van der Waals surface area (Å²) < 4.78 is 16.9. The number of ether oxygens (including phenoxy) is 3. The van der Waals surface area contributed by atoms with E-state index in [1.165, 1.54) is 0 Å². The summed E-state index contributed by atoms with van der Waals surface area (Å²) in [4.78, 5) is 12.3. The maximum Gasteiger partial charge on any atom is 0.160 e. The maximum absolute atomic E-state index is 6.07. The maximum atomic E-state index is 6.07. The Balaban J connectivity index is 1.59. The molecule has 1 saturated heterocycles. The van der Waals surface area contributed by atoms with Crippen molar-refractivity contribution in [3.63, 3.8) is 0 Å². The van der Waals surface area contributed by atoms with Crippen LogP contribution in [0.5, 0.6) is 5.75 Å². The SMILES string of the molecule is COc1cccc(-c2nc3c(c(SCCN4CCOCC4)n2)COC(C)(C)C3)c1. The van der Waals surface area contributed by atoms with Gasteiger partial charge in [-0.2, -0.15) is 0 Å². The lowest BCUT2D eigenvalue weighted by Gasteiger charge is -2.32. The Morgan fingerprint density at radius 3 is 2.83 bits per heavy atom.